The molecular weight excluding hydrogens is 697 g/mol. The molecule has 0 atom stereocenters. The highest BCUT2D eigenvalue weighted by atomic mass is 16.3. The van der Waals surface area contributed by atoms with Gasteiger partial charge in [0.2, 0.25) is 0 Å². The van der Waals surface area contributed by atoms with Crippen LogP contribution in [0.5, 0.6) is 0 Å². The lowest BCUT2D eigenvalue weighted by atomic mass is 9.63. The number of fused-ring (bicyclic) bond motifs is 5. The third-order valence-electron chi connectivity index (χ3n) is 12.0. The zero-order chi connectivity index (χ0) is 38.9. The Morgan fingerprint density at radius 3 is 1.81 bits per heavy atom. The van der Waals surface area contributed by atoms with Crippen molar-refractivity contribution in [1.82, 2.24) is 15.0 Å². The Balaban J connectivity index is 1.18. The van der Waals surface area contributed by atoms with Crippen molar-refractivity contribution in [2.24, 2.45) is 0 Å². The predicted octanol–water partition coefficient (Wildman–Crippen LogP) is 13.5. The molecule has 5 nitrogen and oxygen atoms in total. The monoisotopic (exact) mass is 736 g/mol. The van der Waals surface area contributed by atoms with Crippen molar-refractivity contribution in [3.05, 3.63) is 162 Å². The Labute approximate surface area is 332 Å². The molecule has 0 radical (unpaired) electrons. The number of hydrogen-bond acceptors (Lipinski definition) is 5. The normalized spacial score (nSPS) is 14.4. The minimum atomic E-state index is 0.0545. The van der Waals surface area contributed by atoms with Crippen molar-refractivity contribution in [3.8, 4) is 62.5 Å². The lowest BCUT2D eigenvalue weighted by molar-refractivity contribution is 0.332. The molecule has 0 saturated carbocycles. The van der Waals surface area contributed by atoms with Crippen molar-refractivity contribution >= 4 is 32.7 Å². The van der Waals surface area contributed by atoms with Crippen molar-refractivity contribution < 1.29 is 4.42 Å². The zero-order valence-electron chi connectivity index (χ0n) is 32.5. The highest BCUT2D eigenvalue weighted by molar-refractivity contribution is 6.11. The standard InChI is InChI=1S/C52H40N4O/c1-51(2)25-26-52(3,4)45-30-38(23-24-44(45)51)42-28-40(29-43-41-11-7-8-12-46(41)57-47(42)43)50-55-48(36-20-17-35(18-21-36)34-15-13-32(31-53)14-16-34)54-49(56-50)39-22-19-33-9-5-6-10-37(33)27-39/h5-24,27-30H,25-26H2,1-4H3. The number of hydrogen-bond donors (Lipinski definition) is 0. The van der Waals surface area contributed by atoms with E-state index in [2.05, 4.69) is 143 Å². The van der Waals surface area contributed by atoms with E-state index in [0.717, 1.165) is 84.5 Å². The summed E-state index contributed by atoms with van der Waals surface area (Å²) in [6.45, 7) is 9.47. The second-order valence-corrected chi connectivity index (χ2v) is 16.7. The number of rotatable bonds is 5. The van der Waals surface area contributed by atoms with E-state index < -0.39 is 0 Å². The molecule has 0 saturated heterocycles. The molecule has 0 aliphatic heterocycles. The maximum Gasteiger partial charge on any atom is 0.164 e. The van der Waals surface area contributed by atoms with E-state index in [4.69, 9.17) is 19.4 Å². The van der Waals surface area contributed by atoms with Gasteiger partial charge in [-0.1, -0.05) is 137 Å². The Bertz CT molecular complexity index is 3070. The molecule has 2 heterocycles. The van der Waals surface area contributed by atoms with Crippen LogP contribution in [0.1, 0.15) is 57.2 Å². The summed E-state index contributed by atoms with van der Waals surface area (Å²) in [6.07, 6.45) is 2.30. The van der Waals surface area contributed by atoms with E-state index in [-0.39, 0.29) is 10.8 Å². The van der Waals surface area contributed by atoms with Gasteiger partial charge in [-0.3, -0.25) is 0 Å². The van der Waals surface area contributed by atoms with Gasteiger partial charge in [0.15, 0.2) is 17.5 Å². The van der Waals surface area contributed by atoms with Crippen LogP contribution in [-0.2, 0) is 10.8 Å². The van der Waals surface area contributed by atoms with Gasteiger partial charge in [-0.2, -0.15) is 5.26 Å². The molecule has 1 aliphatic carbocycles. The van der Waals surface area contributed by atoms with Crippen molar-refractivity contribution in [2.75, 3.05) is 0 Å². The third-order valence-corrected chi connectivity index (χ3v) is 12.0. The fourth-order valence-electron chi connectivity index (χ4n) is 8.57. The molecule has 5 heteroatoms. The quantitative estimate of drug-likeness (QED) is 0.176. The van der Waals surface area contributed by atoms with E-state index in [1.165, 1.54) is 11.1 Å². The van der Waals surface area contributed by atoms with Crippen LogP contribution in [0, 0.1) is 11.3 Å². The average Bonchev–Trinajstić information content (AvgIpc) is 3.63. The molecule has 57 heavy (non-hydrogen) atoms. The van der Waals surface area contributed by atoms with Gasteiger partial charge in [0.25, 0.3) is 0 Å². The van der Waals surface area contributed by atoms with E-state index in [1.807, 2.05) is 36.4 Å². The van der Waals surface area contributed by atoms with Gasteiger partial charge in [-0.05, 0) is 98.7 Å². The van der Waals surface area contributed by atoms with Gasteiger partial charge in [-0.25, -0.2) is 15.0 Å². The van der Waals surface area contributed by atoms with Crippen molar-refractivity contribution in [1.29, 1.82) is 5.26 Å². The second kappa shape index (κ2) is 13.1. The summed E-state index contributed by atoms with van der Waals surface area (Å²) in [5.74, 6) is 1.78. The summed E-state index contributed by atoms with van der Waals surface area (Å²) >= 11 is 0. The minimum absolute atomic E-state index is 0.0545. The molecule has 0 unspecified atom stereocenters. The lowest BCUT2D eigenvalue weighted by Crippen LogP contribution is -2.33. The van der Waals surface area contributed by atoms with E-state index in [0.29, 0.717) is 23.0 Å². The van der Waals surface area contributed by atoms with Crippen LogP contribution >= 0.6 is 0 Å². The van der Waals surface area contributed by atoms with Gasteiger partial charge >= 0.3 is 0 Å². The van der Waals surface area contributed by atoms with Gasteiger partial charge in [0, 0.05) is 33.0 Å². The number of nitriles is 1. The summed E-state index contributed by atoms with van der Waals surface area (Å²) in [5, 5.41) is 13.6. The van der Waals surface area contributed by atoms with Crippen LogP contribution in [0.3, 0.4) is 0 Å². The van der Waals surface area contributed by atoms with Crippen LogP contribution in [0.2, 0.25) is 0 Å². The minimum Gasteiger partial charge on any atom is -0.455 e. The molecule has 10 rings (SSSR count). The fourth-order valence-corrected chi connectivity index (χ4v) is 8.57. The number of aromatic nitrogens is 3. The Morgan fingerprint density at radius 2 is 1.07 bits per heavy atom. The Hall–Kier alpha value is -6.90. The first-order valence-corrected chi connectivity index (χ1v) is 19.6. The SMILES string of the molecule is CC1(C)CCC(C)(C)c2cc(-c3cc(-c4nc(-c5ccc(-c6ccc(C#N)cc6)cc5)nc(-c5ccc6ccccc6c5)n4)cc4c3oc3ccccc34)ccc21. The summed E-state index contributed by atoms with van der Waals surface area (Å²) in [7, 11) is 0. The third kappa shape index (κ3) is 6.06. The Kier molecular flexibility index (Phi) is 7.95. The van der Waals surface area contributed by atoms with Gasteiger partial charge in [0.1, 0.15) is 11.2 Å². The summed E-state index contributed by atoms with van der Waals surface area (Å²) in [6, 6.07) is 52.5. The predicted molar refractivity (Wildman–Crippen MR) is 232 cm³/mol. The summed E-state index contributed by atoms with van der Waals surface area (Å²) in [5.41, 5.74) is 12.2. The molecule has 274 valence electrons. The van der Waals surface area contributed by atoms with Crippen LogP contribution in [0.4, 0.5) is 0 Å². The van der Waals surface area contributed by atoms with Crippen LogP contribution in [0.25, 0.3) is 89.1 Å². The van der Waals surface area contributed by atoms with Crippen LogP contribution in [-0.4, -0.2) is 15.0 Å². The van der Waals surface area contributed by atoms with Crippen molar-refractivity contribution in [2.45, 2.75) is 51.4 Å². The fraction of sp³-hybridized carbons (Fsp3) is 0.154. The van der Waals surface area contributed by atoms with Gasteiger partial charge < -0.3 is 4.42 Å². The topological polar surface area (TPSA) is 75.6 Å². The number of benzene rings is 7. The average molecular weight is 737 g/mol. The molecular formula is C52H40N4O. The van der Waals surface area contributed by atoms with Crippen LogP contribution in [0.15, 0.2) is 150 Å². The summed E-state index contributed by atoms with van der Waals surface area (Å²) in [4.78, 5) is 15.6. The maximum absolute atomic E-state index is 9.29. The lowest BCUT2D eigenvalue weighted by Gasteiger charge is -2.42. The number of furan rings is 1. The molecule has 0 spiro atoms. The second-order valence-electron chi connectivity index (χ2n) is 16.7. The number of nitrogens with zero attached hydrogens (tertiary/aromatic N) is 4. The largest absolute Gasteiger partial charge is 0.455 e. The molecule has 7 aromatic carbocycles. The molecule has 0 N–H and O–H groups in total. The molecule has 0 amide bonds. The molecule has 2 aromatic heterocycles. The van der Waals surface area contributed by atoms with E-state index >= 15 is 0 Å². The van der Waals surface area contributed by atoms with E-state index in [9.17, 15) is 5.26 Å². The Morgan fingerprint density at radius 1 is 0.491 bits per heavy atom. The van der Waals surface area contributed by atoms with Crippen LogP contribution < -0.4 is 0 Å². The molecule has 1 aliphatic rings. The van der Waals surface area contributed by atoms with Gasteiger partial charge in [-0.15, -0.1) is 0 Å². The highest BCUT2D eigenvalue weighted by Gasteiger charge is 2.37. The van der Waals surface area contributed by atoms with E-state index in [1.54, 1.807) is 0 Å². The van der Waals surface area contributed by atoms with Crippen molar-refractivity contribution in [3.63, 3.8) is 0 Å². The first kappa shape index (κ1) is 34.6. The molecule has 0 bridgehead atoms. The first-order valence-electron chi connectivity index (χ1n) is 19.6. The highest BCUT2D eigenvalue weighted by Crippen LogP contribution is 2.48. The molecule has 9 aromatic rings. The smallest absolute Gasteiger partial charge is 0.164 e. The number of para-hydroxylation sites is 1. The molecule has 0 fully saturated rings. The summed E-state index contributed by atoms with van der Waals surface area (Å²) < 4.78 is 6.68. The van der Waals surface area contributed by atoms with Gasteiger partial charge in [0.05, 0.1) is 11.6 Å². The zero-order valence-corrected chi connectivity index (χ0v) is 32.5. The maximum atomic E-state index is 9.29. The first-order chi connectivity index (χ1) is 27.6.